The Morgan fingerprint density at radius 3 is 2.64 bits per heavy atom. The van der Waals surface area contributed by atoms with Gasteiger partial charge in [-0.05, 0) is 23.8 Å². The zero-order valence-corrected chi connectivity index (χ0v) is 7.34. The number of aliphatic hydroxyl groups excluding tert-OH is 1. The molecule has 1 heterocycles. The van der Waals surface area contributed by atoms with Crippen LogP contribution >= 0.6 is 0 Å². The molecule has 0 saturated carbocycles. The zero-order valence-electron chi connectivity index (χ0n) is 7.34. The fraction of sp³-hybridized carbons (Fsp3) is 0.111. The Hall–Kier alpha value is -1.30. The van der Waals surface area contributed by atoms with Crippen molar-refractivity contribution < 1.29 is 19.6 Å². The van der Waals surface area contributed by atoms with Crippen LogP contribution in [-0.2, 0) is 6.61 Å². The number of aliphatic hydroxyl groups is 1. The van der Waals surface area contributed by atoms with Gasteiger partial charge in [0.15, 0.2) is 0 Å². The molecule has 0 aliphatic heterocycles. The first-order valence-electron chi connectivity index (χ1n) is 4.20. The highest BCUT2D eigenvalue weighted by Gasteiger charge is 2.16. The Bertz CT molecular complexity index is 449. The van der Waals surface area contributed by atoms with Gasteiger partial charge in [0, 0.05) is 5.39 Å². The van der Waals surface area contributed by atoms with Gasteiger partial charge >= 0.3 is 7.12 Å². The Morgan fingerprint density at radius 1 is 1.21 bits per heavy atom. The van der Waals surface area contributed by atoms with Crippen molar-refractivity contribution in [1.82, 2.24) is 0 Å². The van der Waals surface area contributed by atoms with Crippen molar-refractivity contribution >= 4 is 23.7 Å². The maximum absolute atomic E-state index is 8.88. The van der Waals surface area contributed by atoms with Gasteiger partial charge in [-0.3, -0.25) is 0 Å². The highest BCUT2D eigenvalue weighted by molar-refractivity contribution is 6.57. The molecule has 0 atom stereocenters. The SMILES string of the molecule is OCc1ccc2oc(B(O)O)cc2c1. The molecule has 0 aliphatic rings. The van der Waals surface area contributed by atoms with E-state index >= 15 is 0 Å². The highest BCUT2D eigenvalue weighted by atomic mass is 16.4. The van der Waals surface area contributed by atoms with Crippen molar-refractivity contribution in [3.8, 4) is 0 Å². The third-order valence-corrected chi connectivity index (χ3v) is 2.04. The van der Waals surface area contributed by atoms with Crippen LogP contribution in [0.1, 0.15) is 5.56 Å². The molecule has 1 aromatic carbocycles. The van der Waals surface area contributed by atoms with Gasteiger partial charge in [-0.1, -0.05) is 6.07 Å². The average Bonchev–Trinajstić information content (AvgIpc) is 2.59. The lowest BCUT2D eigenvalue weighted by Gasteiger charge is -1.93. The van der Waals surface area contributed by atoms with Crippen molar-refractivity contribution in [2.45, 2.75) is 6.61 Å². The molecular formula is C9H9BO4. The first kappa shape index (κ1) is 9.27. The van der Waals surface area contributed by atoms with Crippen LogP contribution in [0.15, 0.2) is 28.7 Å². The molecule has 0 spiro atoms. The molecule has 14 heavy (non-hydrogen) atoms. The maximum Gasteiger partial charge on any atom is 0.526 e. The molecule has 0 bridgehead atoms. The number of hydrogen-bond acceptors (Lipinski definition) is 4. The van der Waals surface area contributed by atoms with Crippen LogP contribution in [0.4, 0.5) is 0 Å². The van der Waals surface area contributed by atoms with E-state index in [4.69, 9.17) is 19.6 Å². The van der Waals surface area contributed by atoms with Crippen molar-refractivity contribution in [2.24, 2.45) is 0 Å². The van der Waals surface area contributed by atoms with Gasteiger partial charge < -0.3 is 19.6 Å². The van der Waals surface area contributed by atoms with Gasteiger partial charge in [-0.15, -0.1) is 0 Å². The Kier molecular flexibility index (Phi) is 2.29. The fourth-order valence-corrected chi connectivity index (χ4v) is 1.34. The second kappa shape index (κ2) is 3.45. The van der Waals surface area contributed by atoms with Gasteiger partial charge in [-0.25, -0.2) is 0 Å². The second-order valence-electron chi connectivity index (χ2n) is 3.05. The van der Waals surface area contributed by atoms with Crippen molar-refractivity contribution in [1.29, 1.82) is 0 Å². The zero-order chi connectivity index (χ0) is 10.1. The predicted molar refractivity (Wildman–Crippen MR) is 52.0 cm³/mol. The van der Waals surface area contributed by atoms with Crippen LogP contribution < -0.4 is 5.66 Å². The van der Waals surface area contributed by atoms with Crippen LogP contribution in [0.5, 0.6) is 0 Å². The molecule has 0 saturated heterocycles. The van der Waals surface area contributed by atoms with E-state index < -0.39 is 7.12 Å². The molecule has 1 aromatic heterocycles. The fourth-order valence-electron chi connectivity index (χ4n) is 1.34. The summed E-state index contributed by atoms with van der Waals surface area (Å²) in [7, 11) is -1.60. The second-order valence-corrected chi connectivity index (χ2v) is 3.05. The number of benzene rings is 1. The smallest absolute Gasteiger partial charge is 0.465 e. The van der Waals surface area contributed by atoms with Gasteiger partial charge in [0.2, 0.25) is 0 Å². The van der Waals surface area contributed by atoms with Crippen LogP contribution in [-0.4, -0.2) is 22.3 Å². The molecule has 0 unspecified atom stereocenters. The van der Waals surface area contributed by atoms with E-state index in [1.807, 2.05) is 0 Å². The molecule has 0 aliphatic carbocycles. The van der Waals surface area contributed by atoms with Gasteiger partial charge in [-0.2, -0.15) is 0 Å². The number of furan rings is 1. The molecule has 0 amide bonds. The van der Waals surface area contributed by atoms with Crippen molar-refractivity contribution in [3.05, 3.63) is 29.8 Å². The molecule has 4 nitrogen and oxygen atoms in total. The minimum absolute atomic E-state index is 0.0435. The Labute approximate surface area is 80.5 Å². The number of rotatable bonds is 2. The lowest BCUT2D eigenvalue weighted by Crippen LogP contribution is -2.27. The third kappa shape index (κ3) is 1.53. The first-order valence-corrected chi connectivity index (χ1v) is 4.20. The van der Waals surface area contributed by atoms with Crippen molar-refractivity contribution in [2.75, 3.05) is 0 Å². The monoisotopic (exact) mass is 192 g/mol. The predicted octanol–water partition coefficient (Wildman–Crippen LogP) is -0.395. The summed E-state index contributed by atoms with van der Waals surface area (Å²) in [6, 6.07) is 6.69. The molecule has 72 valence electrons. The average molecular weight is 192 g/mol. The Balaban J connectivity index is 2.54. The van der Waals surface area contributed by atoms with Gasteiger partial charge in [0.1, 0.15) is 11.2 Å². The topological polar surface area (TPSA) is 73.8 Å². The van der Waals surface area contributed by atoms with E-state index in [1.165, 1.54) is 0 Å². The lowest BCUT2D eigenvalue weighted by atomic mass is 9.88. The summed E-state index contributed by atoms with van der Waals surface area (Å²) in [6.07, 6.45) is 0. The van der Waals surface area contributed by atoms with E-state index in [0.717, 1.165) is 10.9 Å². The summed E-state index contributed by atoms with van der Waals surface area (Å²) in [4.78, 5) is 0. The largest absolute Gasteiger partial charge is 0.526 e. The molecule has 2 aromatic rings. The van der Waals surface area contributed by atoms with E-state index in [1.54, 1.807) is 24.3 Å². The van der Waals surface area contributed by atoms with Crippen LogP contribution in [0.2, 0.25) is 0 Å². The van der Waals surface area contributed by atoms with Crippen LogP contribution in [0, 0.1) is 0 Å². The molecule has 0 fully saturated rings. The van der Waals surface area contributed by atoms with E-state index in [2.05, 4.69) is 0 Å². The van der Waals surface area contributed by atoms with Crippen LogP contribution in [0.25, 0.3) is 11.0 Å². The summed E-state index contributed by atoms with van der Waals surface area (Å²) in [5.74, 6) is 0. The minimum atomic E-state index is -1.60. The van der Waals surface area contributed by atoms with Crippen LogP contribution in [0.3, 0.4) is 0 Å². The Morgan fingerprint density at radius 2 is 2.00 bits per heavy atom. The minimum Gasteiger partial charge on any atom is -0.465 e. The maximum atomic E-state index is 8.88. The normalized spacial score (nSPS) is 10.8. The summed E-state index contributed by atoms with van der Waals surface area (Å²) in [6.45, 7) is -0.0435. The van der Waals surface area contributed by atoms with E-state index in [0.29, 0.717) is 5.58 Å². The molecule has 5 heteroatoms. The summed E-state index contributed by atoms with van der Waals surface area (Å²) < 4.78 is 5.15. The van der Waals surface area contributed by atoms with Crippen molar-refractivity contribution in [3.63, 3.8) is 0 Å². The number of hydrogen-bond donors (Lipinski definition) is 3. The van der Waals surface area contributed by atoms with Gasteiger partial charge in [0.05, 0.1) is 6.61 Å². The van der Waals surface area contributed by atoms with E-state index in [9.17, 15) is 0 Å². The van der Waals surface area contributed by atoms with Gasteiger partial charge in [0.25, 0.3) is 0 Å². The number of fused-ring (bicyclic) bond motifs is 1. The van der Waals surface area contributed by atoms with E-state index in [-0.39, 0.29) is 12.3 Å². The quantitative estimate of drug-likeness (QED) is 0.566. The molecule has 3 N–H and O–H groups in total. The summed E-state index contributed by atoms with van der Waals surface area (Å²) in [5.41, 5.74) is 1.44. The summed E-state index contributed by atoms with van der Waals surface area (Å²) in [5, 5.41) is 27.4. The standard InChI is InChI=1S/C9H9BO4/c11-5-6-1-2-8-7(3-6)4-9(14-8)10(12)13/h1-4,11-13H,5H2. The lowest BCUT2D eigenvalue weighted by molar-refractivity contribution is 0.282. The molecule has 2 rings (SSSR count). The first-order chi connectivity index (χ1) is 6.70. The molecular weight excluding hydrogens is 183 g/mol. The highest BCUT2D eigenvalue weighted by Crippen LogP contribution is 2.16. The summed E-state index contributed by atoms with van der Waals surface area (Å²) >= 11 is 0. The molecule has 0 radical (unpaired) electrons. The third-order valence-electron chi connectivity index (χ3n) is 2.04.